The van der Waals surface area contributed by atoms with Crippen molar-refractivity contribution in [2.45, 2.75) is 38.2 Å². The largest absolute Gasteiger partial charge is 0.496 e. The lowest BCUT2D eigenvalue weighted by Gasteiger charge is -2.28. The van der Waals surface area contributed by atoms with E-state index in [1.807, 2.05) is 37.4 Å². The molecule has 21 heavy (non-hydrogen) atoms. The Morgan fingerprint density at radius 3 is 3.00 bits per heavy atom. The first-order valence-corrected chi connectivity index (χ1v) is 7.47. The van der Waals surface area contributed by atoms with Crippen LogP contribution in [0.4, 0.5) is 0 Å². The standard InChI is InChI=1S/C18H21NO2/c1-12-8-9-14(11-16(12)21-2)18(20)15-7-3-5-13-6-4-10-19-17(13)15/h4,6,8-11,15,18,20H,3,5,7H2,1-2H3. The van der Waals surface area contributed by atoms with E-state index in [-0.39, 0.29) is 5.92 Å². The normalized spacial score (nSPS) is 18.9. The van der Waals surface area contributed by atoms with Gasteiger partial charge in [-0.3, -0.25) is 4.98 Å². The molecule has 0 saturated carbocycles. The van der Waals surface area contributed by atoms with Crippen LogP contribution in [0.3, 0.4) is 0 Å². The molecule has 0 amide bonds. The van der Waals surface area contributed by atoms with Crippen LogP contribution >= 0.6 is 0 Å². The number of rotatable bonds is 3. The quantitative estimate of drug-likeness (QED) is 0.936. The van der Waals surface area contributed by atoms with E-state index in [0.29, 0.717) is 0 Å². The van der Waals surface area contributed by atoms with Crippen LogP contribution in [0.5, 0.6) is 5.75 Å². The number of fused-ring (bicyclic) bond motifs is 1. The molecule has 3 heteroatoms. The molecule has 110 valence electrons. The number of aliphatic hydroxyl groups excluding tert-OH is 1. The lowest BCUT2D eigenvalue weighted by atomic mass is 9.81. The minimum atomic E-state index is -0.534. The highest BCUT2D eigenvalue weighted by Crippen LogP contribution is 2.40. The highest BCUT2D eigenvalue weighted by atomic mass is 16.5. The van der Waals surface area contributed by atoms with Crippen molar-refractivity contribution in [2.75, 3.05) is 7.11 Å². The molecule has 1 heterocycles. The summed E-state index contributed by atoms with van der Waals surface area (Å²) in [6.45, 7) is 2.01. The van der Waals surface area contributed by atoms with E-state index in [2.05, 4.69) is 11.1 Å². The summed E-state index contributed by atoms with van der Waals surface area (Å²) in [6, 6.07) is 10.0. The number of hydrogen-bond acceptors (Lipinski definition) is 3. The van der Waals surface area contributed by atoms with Crippen molar-refractivity contribution in [2.24, 2.45) is 0 Å². The van der Waals surface area contributed by atoms with Crippen molar-refractivity contribution >= 4 is 0 Å². The maximum absolute atomic E-state index is 10.8. The second kappa shape index (κ2) is 5.86. The number of aryl methyl sites for hydroxylation is 2. The summed E-state index contributed by atoms with van der Waals surface area (Å²) < 4.78 is 5.37. The maximum atomic E-state index is 10.8. The average Bonchev–Trinajstić information content (AvgIpc) is 2.54. The van der Waals surface area contributed by atoms with Gasteiger partial charge in [0.15, 0.2) is 0 Å². The number of hydrogen-bond donors (Lipinski definition) is 1. The summed E-state index contributed by atoms with van der Waals surface area (Å²) in [5.74, 6) is 0.894. The highest BCUT2D eigenvalue weighted by Gasteiger charge is 2.29. The molecule has 1 aliphatic carbocycles. The van der Waals surface area contributed by atoms with Crippen LogP contribution in [0.25, 0.3) is 0 Å². The van der Waals surface area contributed by atoms with Crippen molar-refractivity contribution in [3.63, 3.8) is 0 Å². The van der Waals surface area contributed by atoms with Gasteiger partial charge in [0.1, 0.15) is 5.75 Å². The first kappa shape index (κ1) is 14.1. The van der Waals surface area contributed by atoms with Gasteiger partial charge in [0.25, 0.3) is 0 Å². The van der Waals surface area contributed by atoms with Crippen LogP contribution < -0.4 is 4.74 Å². The zero-order valence-electron chi connectivity index (χ0n) is 12.5. The van der Waals surface area contributed by atoms with E-state index in [9.17, 15) is 5.11 Å². The van der Waals surface area contributed by atoms with Crippen molar-refractivity contribution in [1.29, 1.82) is 0 Å². The Balaban J connectivity index is 1.94. The number of nitrogens with zero attached hydrogens (tertiary/aromatic N) is 1. The molecule has 1 N–H and O–H groups in total. The molecule has 2 aromatic rings. The fourth-order valence-corrected chi connectivity index (χ4v) is 3.21. The Bertz CT molecular complexity index is 639. The summed E-state index contributed by atoms with van der Waals surface area (Å²) in [4.78, 5) is 4.52. The van der Waals surface area contributed by atoms with Gasteiger partial charge in [0.2, 0.25) is 0 Å². The van der Waals surface area contributed by atoms with Gasteiger partial charge in [-0.25, -0.2) is 0 Å². The van der Waals surface area contributed by atoms with Crippen molar-refractivity contribution in [3.8, 4) is 5.75 Å². The molecule has 0 aliphatic heterocycles. The molecule has 1 aromatic heterocycles. The van der Waals surface area contributed by atoms with E-state index in [1.165, 1.54) is 5.56 Å². The molecular formula is C18H21NO2. The minimum Gasteiger partial charge on any atom is -0.496 e. The third-order valence-electron chi connectivity index (χ3n) is 4.39. The van der Waals surface area contributed by atoms with E-state index in [0.717, 1.165) is 41.8 Å². The van der Waals surface area contributed by atoms with Crippen LogP contribution in [0, 0.1) is 6.92 Å². The first-order valence-electron chi connectivity index (χ1n) is 7.47. The zero-order valence-corrected chi connectivity index (χ0v) is 12.5. The van der Waals surface area contributed by atoms with Crippen LogP contribution in [0.2, 0.25) is 0 Å². The molecule has 0 saturated heterocycles. The Morgan fingerprint density at radius 1 is 1.33 bits per heavy atom. The highest BCUT2D eigenvalue weighted by molar-refractivity contribution is 5.39. The van der Waals surface area contributed by atoms with Gasteiger partial charge in [0.05, 0.1) is 13.2 Å². The van der Waals surface area contributed by atoms with Crippen LogP contribution in [-0.2, 0) is 6.42 Å². The second-order valence-corrected chi connectivity index (χ2v) is 5.72. The third-order valence-corrected chi connectivity index (χ3v) is 4.39. The molecule has 2 atom stereocenters. The molecular weight excluding hydrogens is 262 g/mol. The Kier molecular flexibility index (Phi) is 3.93. The molecule has 2 unspecified atom stereocenters. The molecule has 1 aromatic carbocycles. The molecule has 0 radical (unpaired) electrons. The van der Waals surface area contributed by atoms with Crippen LogP contribution in [0.1, 0.15) is 47.2 Å². The third kappa shape index (κ3) is 2.66. The topological polar surface area (TPSA) is 42.4 Å². The number of ether oxygens (including phenoxy) is 1. The average molecular weight is 283 g/mol. The van der Waals surface area contributed by atoms with Crippen molar-refractivity contribution < 1.29 is 9.84 Å². The molecule has 3 nitrogen and oxygen atoms in total. The number of aromatic nitrogens is 1. The molecule has 0 fully saturated rings. The van der Waals surface area contributed by atoms with Gasteiger partial charge in [0, 0.05) is 17.8 Å². The maximum Gasteiger partial charge on any atom is 0.122 e. The number of methoxy groups -OCH3 is 1. The summed E-state index contributed by atoms with van der Waals surface area (Å²) in [7, 11) is 1.66. The van der Waals surface area contributed by atoms with Gasteiger partial charge in [-0.2, -0.15) is 0 Å². The molecule has 0 spiro atoms. The van der Waals surface area contributed by atoms with Gasteiger partial charge in [-0.15, -0.1) is 0 Å². The Labute approximate surface area is 125 Å². The van der Waals surface area contributed by atoms with Crippen LogP contribution in [0.15, 0.2) is 36.5 Å². The van der Waals surface area contributed by atoms with Crippen molar-refractivity contribution in [1.82, 2.24) is 4.98 Å². The smallest absolute Gasteiger partial charge is 0.122 e. The summed E-state index contributed by atoms with van der Waals surface area (Å²) in [5, 5.41) is 10.8. The van der Waals surface area contributed by atoms with E-state index < -0.39 is 6.10 Å². The second-order valence-electron chi connectivity index (χ2n) is 5.72. The molecule has 3 rings (SSSR count). The predicted molar refractivity (Wildman–Crippen MR) is 82.6 cm³/mol. The van der Waals surface area contributed by atoms with Gasteiger partial charge < -0.3 is 9.84 Å². The molecule has 1 aliphatic rings. The lowest BCUT2D eigenvalue weighted by Crippen LogP contribution is -2.18. The van der Waals surface area contributed by atoms with Gasteiger partial charge >= 0.3 is 0 Å². The summed E-state index contributed by atoms with van der Waals surface area (Å²) in [5.41, 5.74) is 4.30. The van der Waals surface area contributed by atoms with Gasteiger partial charge in [-0.05, 0) is 55.0 Å². The first-order chi connectivity index (χ1) is 10.2. The monoisotopic (exact) mass is 283 g/mol. The van der Waals surface area contributed by atoms with E-state index in [4.69, 9.17) is 4.74 Å². The van der Waals surface area contributed by atoms with E-state index in [1.54, 1.807) is 7.11 Å². The summed E-state index contributed by atoms with van der Waals surface area (Å²) >= 11 is 0. The lowest BCUT2D eigenvalue weighted by molar-refractivity contribution is 0.133. The van der Waals surface area contributed by atoms with Crippen molar-refractivity contribution in [3.05, 3.63) is 58.9 Å². The molecule has 0 bridgehead atoms. The zero-order chi connectivity index (χ0) is 14.8. The Morgan fingerprint density at radius 2 is 2.19 bits per heavy atom. The van der Waals surface area contributed by atoms with Gasteiger partial charge in [-0.1, -0.05) is 18.2 Å². The van der Waals surface area contributed by atoms with E-state index >= 15 is 0 Å². The fraction of sp³-hybridized carbons (Fsp3) is 0.389. The minimum absolute atomic E-state index is 0.0716. The number of aliphatic hydroxyl groups is 1. The SMILES string of the molecule is COc1cc(C(O)C2CCCc3cccnc32)ccc1C. The fourth-order valence-electron chi connectivity index (χ4n) is 3.21. The number of benzene rings is 1. The van der Waals surface area contributed by atoms with Crippen LogP contribution in [-0.4, -0.2) is 17.2 Å². The summed E-state index contributed by atoms with van der Waals surface area (Å²) in [6.07, 6.45) is 4.42. The number of pyridine rings is 1. The predicted octanol–water partition coefficient (Wildman–Crippen LogP) is 3.55. The Hall–Kier alpha value is -1.87.